The largest absolute Gasteiger partial charge is 0.311 e. The Morgan fingerprint density at radius 1 is 1.19 bits per heavy atom. The van der Waals surface area contributed by atoms with Crippen molar-refractivity contribution in [3.8, 4) is 0 Å². The summed E-state index contributed by atoms with van der Waals surface area (Å²) >= 11 is 0. The fourth-order valence-electron chi connectivity index (χ4n) is 4.13. The van der Waals surface area contributed by atoms with E-state index in [1.54, 1.807) is 6.20 Å². The summed E-state index contributed by atoms with van der Waals surface area (Å²) in [6.45, 7) is 7.22. The predicted octanol–water partition coefficient (Wildman–Crippen LogP) is 4.14. The van der Waals surface area contributed by atoms with Gasteiger partial charge in [0.25, 0.3) is 0 Å². The number of hydrogen-bond donors (Lipinski definition) is 2. The van der Waals surface area contributed by atoms with Crippen molar-refractivity contribution >= 4 is 11.7 Å². The summed E-state index contributed by atoms with van der Waals surface area (Å²) in [6, 6.07) is 14.5. The van der Waals surface area contributed by atoms with E-state index in [0.717, 1.165) is 50.4 Å². The van der Waals surface area contributed by atoms with Crippen LogP contribution in [0.15, 0.2) is 48.7 Å². The summed E-state index contributed by atoms with van der Waals surface area (Å²) in [6.07, 6.45) is 5.01. The number of nitrogens with zero attached hydrogens (tertiary/aromatic N) is 4. The lowest BCUT2D eigenvalue weighted by atomic mass is 10.0. The van der Waals surface area contributed by atoms with Crippen molar-refractivity contribution in [1.29, 1.82) is 0 Å². The summed E-state index contributed by atoms with van der Waals surface area (Å²) in [4.78, 5) is 14.9. The van der Waals surface area contributed by atoms with Crippen molar-refractivity contribution in [2.75, 3.05) is 18.4 Å². The van der Waals surface area contributed by atoms with Crippen molar-refractivity contribution in [3.63, 3.8) is 0 Å². The highest BCUT2D eigenvalue weighted by atomic mass is 16.1. The van der Waals surface area contributed by atoms with Crippen LogP contribution in [-0.2, 0) is 17.8 Å². The minimum Gasteiger partial charge on any atom is -0.311 e. The average Bonchev–Trinajstić information content (AvgIpc) is 3.43. The van der Waals surface area contributed by atoms with E-state index in [2.05, 4.69) is 57.6 Å². The summed E-state index contributed by atoms with van der Waals surface area (Å²) in [5, 5.41) is 15.1. The van der Waals surface area contributed by atoms with Gasteiger partial charge in [-0.15, -0.1) is 0 Å². The number of nitrogens with one attached hydrogen (secondary N) is 2. The minimum absolute atomic E-state index is 0.0308. The molecule has 0 bridgehead atoms. The number of anilines is 1. The van der Waals surface area contributed by atoms with E-state index in [0.29, 0.717) is 18.4 Å². The molecule has 1 fully saturated rings. The van der Waals surface area contributed by atoms with Gasteiger partial charge in [0.1, 0.15) is 5.82 Å². The predicted molar refractivity (Wildman–Crippen MR) is 122 cm³/mol. The second-order valence-corrected chi connectivity index (χ2v) is 8.67. The van der Waals surface area contributed by atoms with Gasteiger partial charge >= 0.3 is 0 Å². The Morgan fingerprint density at radius 3 is 2.68 bits per heavy atom. The third kappa shape index (κ3) is 5.61. The third-order valence-electron chi connectivity index (χ3n) is 5.96. The molecule has 164 valence electrons. The van der Waals surface area contributed by atoms with E-state index >= 15 is 0 Å². The molecular weight excluding hydrogens is 388 g/mol. The van der Waals surface area contributed by atoms with Crippen LogP contribution in [0.1, 0.15) is 62.0 Å². The van der Waals surface area contributed by atoms with E-state index in [4.69, 9.17) is 0 Å². The number of rotatable bonds is 8. The highest BCUT2D eigenvalue weighted by Gasteiger charge is 2.23. The summed E-state index contributed by atoms with van der Waals surface area (Å²) in [7, 11) is 0. The van der Waals surface area contributed by atoms with Crippen LogP contribution >= 0.6 is 0 Å². The van der Waals surface area contributed by atoms with Gasteiger partial charge in [0.2, 0.25) is 5.91 Å². The molecule has 4 rings (SSSR count). The molecule has 1 aliphatic rings. The van der Waals surface area contributed by atoms with E-state index in [-0.39, 0.29) is 5.91 Å². The molecular formula is C24H32N6O. The first kappa shape index (κ1) is 21.3. The molecule has 0 aliphatic carbocycles. The van der Waals surface area contributed by atoms with Gasteiger partial charge in [-0.2, -0.15) is 10.2 Å². The van der Waals surface area contributed by atoms with E-state index in [1.165, 1.54) is 11.3 Å². The van der Waals surface area contributed by atoms with Gasteiger partial charge < -0.3 is 5.32 Å². The van der Waals surface area contributed by atoms with Crippen LogP contribution in [0, 0.1) is 0 Å². The number of carbonyl (C=O) groups excluding carboxylic acids is 1. The third-order valence-corrected chi connectivity index (χ3v) is 5.96. The highest BCUT2D eigenvalue weighted by Crippen LogP contribution is 2.26. The first-order valence-corrected chi connectivity index (χ1v) is 11.2. The normalized spacial score (nSPS) is 15.5. The van der Waals surface area contributed by atoms with Crippen LogP contribution in [-0.4, -0.2) is 43.9 Å². The Morgan fingerprint density at radius 2 is 1.97 bits per heavy atom. The number of aromatic amines is 1. The number of aromatic nitrogens is 4. The molecule has 1 saturated heterocycles. The average molecular weight is 421 g/mol. The zero-order valence-electron chi connectivity index (χ0n) is 18.4. The van der Waals surface area contributed by atoms with Gasteiger partial charge in [-0.25, -0.2) is 4.68 Å². The summed E-state index contributed by atoms with van der Waals surface area (Å²) < 4.78 is 1.99. The molecule has 7 heteroatoms. The molecule has 0 atom stereocenters. The Kier molecular flexibility index (Phi) is 6.82. The maximum Gasteiger partial charge on any atom is 0.225 e. The number of aryl methyl sites for hydroxylation is 1. The van der Waals surface area contributed by atoms with Gasteiger partial charge in [-0.05, 0) is 36.8 Å². The lowest BCUT2D eigenvalue weighted by Crippen LogP contribution is -2.35. The topological polar surface area (TPSA) is 78.8 Å². The molecule has 0 spiro atoms. The molecule has 31 heavy (non-hydrogen) atoms. The van der Waals surface area contributed by atoms with E-state index in [9.17, 15) is 4.79 Å². The molecule has 1 aliphatic heterocycles. The van der Waals surface area contributed by atoms with Gasteiger partial charge in [0.05, 0.1) is 17.9 Å². The number of piperidine rings is 1. The van der Waals surface area contributed by atoms with Crippen molar-refractivity contribution in [1.82, 2.24) is 24.9 Å². The van der Waals surface area contributed by atoms with Gasteiger partial charge in [-0.3, -0.25) is 14.8 Å². The zero-order valence-corrected chi connectivity index (χ0v) is 18.4. The minimum atomic E-state index is 0.0308. The van der Waals surface area contributed by atoms with Crippen LogP contribution in [0.3, 0.4) is 0 Å². The maximum atomic E-state index is 12.5. The maximum absolute atomic E-state index is 12.5. The molecule has 2 aromatic heterocycles. The van der Waals surface area contributed by atoms with Crippen molar-refractivity contribution < 1.29 is 4.79 Å². The van der Waals surface area contributed by atoms with Crippen LogP contribution in [0.4, 0.5) is 5.82 Å². The first-order valence-electron chi connectivity index (χ1n) is 11.2. The van der Waals surface area contributed by atoms with E-state index < -0.39 is 0 Å². The Hall–Kier alpha value is -2.93. The van der Waals surface area contributed by atoms with Gasteiger partial charge in [0, 0.05) is 37.8 Å². The number of H-pyrrole nitrogens is 1. The Labute approximate surface area is 183 Å². The molecule has 3 aromatic rings. The fourth-order valence-corrected chi connectivity index (χ4v) is 4.13. The Balaban J connectivity index is 1.27. The molecule has 1 aromatic carbocycles. The number of hydrogen-bond acceptors (Lipinski definition) is 4. The number of carbonyl (C=O) groups is 1. The second kappa shape index (κ2) is 9.92. The quantitative estimate of drug-likeness (QED) is 0.574. The Bertz CT molecular complexity index is 969. The second-order valence-electron chi connectivity index (χ2n) is 8.67. The monoisotopic (exact) mass is 420 g/mol. The van der Waals surface area contributed by atoms with Crippen LogP contribution in [0.25, 0.3) is 0 Å². The standard InChI is InChI=1S/C24H32N6O/c1-18(2)22-16-20(27-28-22)17-29-14-11-21(12-15-29)30-23(10-13-25-30)26-24(31)9-8-19-6-4-3-5-7-19/h3-7,10,13,16,18,21H,8-9,11-12,14-15,17H2,1-2H3,(H,26,31)(H,27,28). The van der Waals surface area contributed by atoms with E-state index in [1.807, 2.05) is 28.9 Å². The molecule has 2 N–H and O–H groups in total. The molecule has 0 saturated carbocycles. The summed E-state index contributed by atoms with van der Waals surface area (Å²) in [5.41, 5.74) is 3.47. The lowest BCUT2D eigenvalue weighted by molar-refractivity contribution is -0.116. The van der Waals surface area contributed by atoms with Crippen molar-refractivity contribution in [3.05, 3.63) is 65.6 Å². The molecule has 0 radical (unpaired) electrons. The number of likely N-dealkylation sites (tertiary alicyclic amines) is 1. The molecule has 3 heterocycles. The lowest BCUT2D eigenvalue weighted by Gasteiger charge is -2.32. The number of benzene rings is 1. The molecule has 1 amide bonds. The highest BCUT2D eigenvalue weighted by molar-refractivity contribution is 5.89. The SMILES string of the molecule is CC(C)c1cc(CN2CCC(n3nccc3NC(=O)CCc3ccccc3)CC2)[nH]n1. The van der Waals surface area contributed by atoms with Crippen LogP contribution < -0.4 is 5.32 Å². The van der Waals surface area contributed by atoms with Crippen LogP contribution in [0.2, 0.25) is 0 Å². The first-order chi connectivity index (χ1) is 15.1. The zero-order chi connectivity index (χ0) is 21.6. The van der Waals surface area contributed by atoms with Gasteiger partial charge in [0.15, 0.2) is 0 Å². The molecule has 0 unspecified atom stereocenters. The molecule has 7 nitrogen and oxygen atoms in total. The van der Waals surface area contributed by atoms with Crippen molar-refractivity contribution in [2.24, 2.45) is 0 Å². The van der Waals surface area contributed by atoms with Crippen LogP contribution in [0.5, 0.6) is 0 Å². The van der Waals surface area contributed by atoms with Crippen molar-refractivity contribution in [2.45, 2.75) is 58.0 Å². The smallest absolute Gasteiger partial charge is 0.225 e. The fraction of sp³-hybridized carbons (Fsp3) is 0.458. The summed E-state index contributed by atoms with van der Waals surface area (Å²) in [5.74, 6) is 1.27. The number of amides is 1. The van der Waals surface area contributed by atoms with Gasteiger partial charge in [-0.1, -0.05) is 44.2 Å².